The number of benzene rings is 1. The van der Waals surface area contributed by atoms with Gasteiger partial charge in [0.15, 0.2) is 0 Å². The van der Waals surface area contributed by atoms with Gasteiger partial charge in [-0.25, -0.2) is 9.59 Å². The molecular weight excluding hydrogens is 264 g/mol. The van der Waals surface area contributed by atoms with Crippen LogP contribution < -0.4 is 22.1 Å². The van der Waals surface area contributed by atoms with E-state index in [4.69, 9.17) is 11.5 Å². The molecule has 0 radical (unpaired) electrons. The minimum Gasteiger partial charge on any atom is -0.392 e. The van der Waals surface area contributed by atoms with Crippen LogP contribution in [-0.4, -0.2) is 22.3 Å². The lowest BCUT2D eigenvalue weighted by atomic mass is 9.98. The van der Waals surface area contributed by atoms with Crippen molar-refractivity contribution in [3.63, 3.8) is 0 Å². The second-order valence-electron chi connectivity index (χ2n) is 4.14. The van der Waals surface area contributed by atoms with Gasteiger partial charge in [-0.05, 0) is 22.3 Å². The highest BCUT2D eigenvalue weighted by Gasteiger charge is 2.10. The molecule has 0 bridgehead atoms. The Morgan fingerprint density at radius 1 is 0.850 bits per heavy atom. The van der Waals surface area contributed by atoms with Crippen LogP contribution in [0.5, 0.6) is 0 Å². The highest BCUT2D eigenvalue weighted by molar-refractivity contribution is 5.72. The number of rotatable bonds is 6. The molecular formula is C12H18N4O4. The maximum Gasteiger partial charge on any atom is 0.312 e. The summed E-state index contributed by atoms with van der Waals surface area (Å²) in [5, 5.41) is 23.4. The van der Waals surface area contributed by atoms with E-state index in [9.17, 15) is 19.8 Å². The first-order valence-corrected chi connectivity index (χ1v) is 5.89. The minimum atomic E-state index is -0.683. The molecule has 0 aromatic heterocycles. The molecule has 8 heteroatoms. The molecule has 0 aliphatic rings. The smallest absolute Gasteiger partial charge is 0.312 e. The molecule has 1 rings (SSSR count). The topological polar surface area (TPSA) is 151 Å². The fourth-order valence-corrected chi connectivity index (χ4v) is 1.78. The van der Waals surface area contributed by atoms with Crippen molar-refractivity contribution in [3.8, 4) is 0 Å². The molecule has 0 unspecified atom stereocenters. The number of hydrogen-bond donors (Lipinski definition) is 6. The van der Waals surface area contributed by atoms with Crippen molar-refractivity contribution in [2.24, 2.45) is 11.5 Å². The molecule has 0 fully saturated rings. The molecule has 4 amide bonds. The van der Waals surface area contributed by atoms with Crippen LogP contribution in [0.4, 0.5) is 9.59 Å². The lowest BCUT2D eigenvalue weighted by Crippen LogP contribution is -2.30. The molecule has 0 spiro atoms. The van der Waals surface area contributed by atoms with Crippen LogP contribution in [0.3, 0.4) is 0 Å². The highest BCUT2D eigenvalue weighted by Crippen LogP contribution is 2.18. The number of nitrogens with one attached hydrogen (secondary N) is 2. The van der Waals surface area contributed by atoms with Crippen LogP contribution in [0.1, 0.15) is 22.3 Å². The van der Waals surface area contributed by atoms with Crippen LogP contribution in [-0.2, 0) is 26.3 Å². The number of aliphatic hydroxyl groups excluding tert-OH is 2. The molecule has 0 saturated heterocycles. The van der Waals surface area contributed by atoms with Gasteiger partial charge in [-0.3, -0.25) is 0 Å². The van der Waals surface area contributed by atoms with E-state index in [-0.39, 0.29) is 26.3 Å². The summed E-state index contributed by atoms with van der Waals surface area (Å²) in [5.74, 6) is 0. The summed E-state index contributed by atoms with van der Waals surface area (Å²) >= 11 is 0. The number of carbonyl (C=O) groups excluding carboxylic acids is 2. The summed E-state index contributed by atoms with van der Waals surface area (Å²) in [6, 6.07) is 1.91. The summed E-state index contributed by atoms with van der Waals surface area (Å²) in [5.41, 5.74) is 12.4. The largest absolute Gasteiger partial charge is 0.392 e. The second-order valence-corrected chi connectivity index (χ2v) is 4.14. The molecule has 110 valence electrons. The van der Waals surface area contributed by atoms with Crippen molar-refractivity contribution in [3.05, 3.63) is 34.4 Å². The van der Waals surface area contributed by atoms with Gasteiger partial charge in [0.05, 0.1) is 13.2 Å². The maximum atomic E-state index is 10.7. The molecule has 8 nitrogen and oxygen atoms in total. The van der Waals surface area contributed by atoms with E-state index < -0.39 is 12.1 Å². The molecule has 20 heavy (non-hydrogen) atoms. The third-order valence-electron chi connectivity index (χ3n) is 2.77. The molecule has 1 aromatic carbocycles. The average Bonchev–Trinajstić information content (AvgIpc) is 2.42. The van der Waals surface area contributed by atoms with E-state index in [0.29, 0.717) is 22.3 Å². The molecule has 0 aliphatic carbocycles. The van der Waals surface area contributed by atoms with Crippen molar-refractivity contribution >= 4 is 12.1 Å². The Labute approximate surface area is 115 Å². The number of nitrogens with two attached hydrogens (primary N) is 2. The van der Waals surface area contributed by atoms with Crippen LogP contribution in [0.25, 0.3) is 0 Å². The van der Waals surface area contributed by atoms with Gasteiger partial charge in [0.2, 0.25) is 0 Å². The molecule has 0 aliphatic heterocycles. The van der Waals surface area contributed by atoms with Crippen molar-refractivity contribution in [2.45, 2.75) is 26.3 Å². The Bertz CT molecular complexity index is 463. The van der Waals surface area contributed by atoms with Gasteiger partial charge in [0, 0.05) is 13.1 Å². The van der Waals surface area contributed by atoms with E-state index in [0.717, 1.165) is 0 Å². The minimum absolute atomic E-state index is 0.139. The van der Waals surface area contributed by atoms with Crippen LogP contribution in [0.15, 0.2) is 12.1 Å². The van der Waals surface area contributed by atoms with Crippen molar-refractivity contribution in [2.75, 3.05) is 0 Å². The van der Waals surface area contributed by atoms with Gasteiger partial charge in [0.25, 0.3) is 0 Å². The molecule has 1 aromatic rings. The van der Waals surface area contributed by atoms with Gasteiger partial charge in [0.1, 0.15) is 0 Å². The Balaban J connectivity index is 3.04. The quantitative estimate of drug-likeness (QED) is 0.397. The Morgan fingerprint density at radius 2 is 1.20 bits per heavy atom. The predicted molar refractivity (Wildman–Crippen MR) is 71.1 cm³/mol. The second kappa shape index (κ2) is 7.31. The molecule has 0 saturated carbocycles. The first kappa shape index (κ1) is 15.7. The third kappa shape index (κ3) is 4.41. The number of amides is 4. The van der Waals surface area contributed by atoms with Gasteiger partial charge in [-0.2, -0.15) is 0 Å². The summed E-state index contributed by atoms with van der Waals surface area (Å²) in [6.07, 6.45) is 0. The summed E-state index contributed by atoms with van der Waals surface area (Å²) in [7, 11) is 0. The number of carbonyl (C=O) groups is 2. The Morgan fingerprint density at radius 3 is 1.50 bits per heavy atom. The SMILES string of the molecule is NC(=O)NCc1cc(CNC(N)=O)c(CO)cc1CO. The number of hydrogen-bond acceptors (Lipinski definition) is 4. The van der Waals surface area contributed by atoms with E-state index >= 15 is 0 Å². The Kier molecular flexibility index (Phi) is 5.75. The lowest BCUT2D eigenvalue weighted by molar-refractivity contribution is 0.247. The van der Waals surface area contributed by atoms with Crippen molar-refractivity contribution in [1.29, 1.82) is 0 Å². The van der Waals surface area contributed by atoms with Crippen LogP contribution >= 0.6 is 0 Å². The summed E-state index contributed by atoms with van der Waals surface area (Å²) in [6.45, 7) is -0.209. The predicted octanol–water partition coefficient (Wildman–Crippen LogP) is -0.992. The fourth-order valence-electron chi connectivity index (χ4n) is 1.78. The normalized spacial score (nSPS) is 10.1. The van der Waals surface area contributed by atoms with Crippen molar-refractivity contribution < 1.29 is 19.8 Å². The van der Waals surface area contributed by atoms with E-state index in [2.05, 4.69) is 10.6 Å². The fraction of sp³-hybridized carbons (Fsp3) is 0.333. The van der Waals surface area contributed by atoms with E-state index in [1.54, 1.807) is 12.1 Å². The zero-order valence-electron chi connectivity index (χ0n) is 10.8. The molecule has 0 heterocycles. The van der Waals surface area contributed by atoms with Crippen LogP contribution in [0, 0.1) is 0 Å². The van der Waals surface area contributed by atoms with Crippen molar-refractivity contribution in [1.82, 2.24) is 10.6 Å². The van der Waals surface area contributed by atoms with Gasteiger partial charge in [-0.15, -0.1) is 0 Å². The van der Waals surface area contributed by atoms with Gasteiger partial charge in [-0.1, -0.05) is 12.1 Å². The standard InChI is InChI=1S/C12H18N4O4/c13-11(19)15-3-7-1-8(4-16-12(14)20)10(6-18)2-9(7)5-17/h1-2,17-18H,3-6H2,(H3,13,15,19)(H3,14,16,20). The summed E-state index contributed by atoms with van der Waals surface area (Å²) < 4.78 is 0. The Hall–Kier alpha value is -2.32. The highest BCUT2D eigenvalue weighted by atomic mass is 16.3. The van der Waals surface area contributed by atoms with Gasteiger partial charge >= 0.3 is 12.1 Å². The van der Waals surface area contributed by atoms with Gasteiger partial charge < -0.3 is 32.3 Å². The van der Waals surface area contributed by atoms with E-state index in [1.165, 1.54) is 0 Å². The first-order chi connectivity index (χ1) is 9.47. The van der Waals surface area contributed by atoms with E-state index in [1.807, 2.05) is 0 Å². The molecule has 0 atom stereocenters. The summed E-state index contributed by atoms with van der Waals surface area (Å²) in [4.78, 5) is 21.5. The third-order valence-corrected chi connectivity index (χ3v) is 2.77. The zero-order chi connectivity index (χ0) is 15.1. The van der Waals surface area contributed by atoms with Crippen LogP contribution in [0.2, 0.25) is 0 Å². The number of aliphatic hydroxyl groups is 2. The number of urea groups is 2. The number of primary amides is 2. The molecule has 8 N–H and O–H groups in total. The lowest BCUT2D eigenvalue weighted by Gasteiger charge is -2.15. The monoisotopic (exact) mass is 282 g/mol. The zero-order valence-corrected chi connectivity index (χ0v) is 10.8. The average molecular weight is 282 g/mol. The maximum absolute atomic E-state index is 10.7. The first-order valence-electron chi connectivity index (χ1n) is 5.89.